The first-order chi connectivity index (χ1) is 8.67. The van der Waals surface area contributed by atoms with Gasteiger partial charge in [0.25, 0.3) is 0 Å². The average Bonchev–Trinajstić information content (AvgIpc) is 2.38. The Labute approximate surface area is 112 Å². The van der Waals surface area contributed by atoms with Gasteiger partial charge < -0.3 is 10.6 Å². The Bertz CT molecular complexity index is 231. The van der Waals surface area contributed by atoms with E-state index in [2.05, 4.69) is 20.4 Å². The van der Waals surface area contributed by atoms with Gasteiger partial charge >= 0.3 is 0 Å². The minimum atomic E-state index is 0.132. The first kappa shape index (κ1) is 17.2. The van der Waals surface area contributed by atoms with E-state index in [1.165, 1.54) is 12.8 Å². The van der Waals surface area contributed by atoms with Crippen molar-refractivity contribution in [1.29, 1.82) is 0 Å². The largest absolute Gasteiger partial charge is 0.339 e. The highest BCUT2D eigenvalue weighted by molar-refractivity contribution is 5.92. The first-order valence-electron chi connectivity index (χ1n) is 7.34. The molecule has 0 radical (unpaired) electrons. The molecule has 1 amide bonds. The molecule has 2 N–H and O–H groups in total. The van der Waals surface area contributed by atoms with Gasteiger partial charge in [0.1, 0.15) is 0 Å². The molecule has 0 saturated carbocycles. The van der Waals surface area contributed by atoms with Crippen LogP contribution < -0.4 is 5.73 Å². The van der Waals surface area contributed by atoms with Gasteiger partial charge in [-0.1, -0.05) is 39.7 Å². The minimum absolute atomic E-state index is 0.132. The van der Waals surface area contributed by atoms with E-state index in [9.17, 15) is 4.79 Å². The van der Waals surface area contributed by atoms with Gasteiger partial charge in [-0.3, -0.25) is 4.79 Å². The highest BCUT2D eigenvalue weighted by Crippen LogP contribution is 2.11. The van der Waals surface area contributed by atoms with Gasteiger partial charge in [-0.05, 0) is 32.2 Å². The smallest absolute Gasteiger partial charge is 0.249 e. The van der Waals surface area contributed by atoms with Crippen LogP contribution in [0.2, 0.25) is 0 Å². The molecule has 0 aliphatic heterocycles. The molecule has 0 spiro atoms. The standard InChI is InChI=1S/C15H30N2O/c1-4-6-8-10-14(3)15(18)17(12-7-5-2)13-9-11-16/h3-13,16H2,1-2H3. The van der Waals surface area contributed by atoms with Gasteiger partial charge in [-0.2, -0.15) is 0 Å². The topological polar surface area (TPSA) is 46.3 Å². The van der Waals surface area contributed by atoms with E-state index in [1.54, 1.807) is 0 Å². The number of carbonyl (C=O) groups excluding carboxylic acids is 1. The zero-order chi connectivity index (χ0) is 13.8. The highest BCUT2D eigenvalue weighted by atomic mass is 16.2. The summed E-state index contributed by atoms with van der Waals surface area (Å²) < 4.78 is 0. The zero-order valence-corrected chi connectivity index (χ0v) is 12.2. The average molecular weight is 254 g/mol. The molecule has 18 heavy (non-hydrogen) atoms. The molecular weight excluding hydrogens is 224 g/mol. The summed E-state index contributed by atoms with van der Waals surface area (Å²) in [5, 5.41) is 0. The number of rotatable bonds is 11. The van der Waals surface area contributed by atoms with Crippen LogP contribution in [0.3, 0.4) is 0 Å². The molecule has 0 atom stereocenters. The van der Waals surface area contributed by atoms with Crippen molar-refractivity contribution in [3.05, 3.63) is 12.2 Å². The molecule has 3 heteroatoms. The Morgan fingerprint density at radius 1 is 1.06 bits per heavy atom. The number of hydrogen-bond acceptors (Lipinski definition) is 2. The normalized spacial score (nSPS) is 10.4. The number of hydrogen-bond donors (Lipinski definition) is 1. The van der Waals surface area contributed by atoms with Gasteiger partial charge in [0.05, 0.1) is 0 Å². The second kappa shape index (κ2) is 11.3. The van der Waals surface area contributed by atoms with Gasteiger partial charge in [0, 0.05) is 18.7 Å². The van der Waals surface area contributed by atoms with Gasteiger partial charge in [-0.15, -0.1) is 0 Å². The maximum atomic E-state index is 12.2. The lowest BCUT2D eigenvalue weighted by molar-refractivity contribution is -0.127. The molecule has 0 aromatic heterocycles. The van der Waals surface area contributed by atoms with E-state index in [4.69, 9.17) is 5.73 Å². The van der Waals surface area contributed by atoms with E-state index < -0.39 is 0 Å². The molecule has 0 unspecified atom stereocenters. The van der Waals surface area contributed by atoms with Crippen molar-refractivity contribution in [1.82, 2.24) is 4.90 Å². The van der Waals surface area contributed by atoms with Crippen molar-refractivity contribution in [2.75, 3.05) is 19.6 Å². The second-order valence-corrected chi connectivity index (χ2v) is 4.85. The number of amides is 1. The van der Waals surface area contributed by atoms with Crippen LogP contribution in [-0.2, 0) is 4.79 Å². The molecule has 0 aliphatic carbocycles. The molecule has 0 aliphatic rings. The van der Waals surface area contributed by atoms with Crippen molar-refractivity contribution >= 4 is 5.91 Å². The maximum Gasteiger partial charge on any atom is 0.249 e. The Morgan fingerprint density at radius 3 is 2.22 bits per heavy atom. The van der Waals surface area contributed by atoms with E-state index in [1.807, 2.05) is 4.90 Å². The molecule has 0 aromatic carbocycles. The molecular formula is C15H30N2O. The van der Waals surface area contributed by atoms with E-state index in [0.717, 1.165) is 50.8 Å². The van der Waals surface area contributed by atoms with Crippen LogP contribution in [0, 0.1) is 0 Å². The van der Waals surface area contributed by atoms with Crippen LogP contribution in [0.25, 0.3) is 0 Å². The molecule has 0 heterocycles. The summed E-state index contributed by atoms with van der Waals surface area (Å²) in [5.41, 5.74) is 6.28. The lowest BCUT2D eigenvalue weighted by Gasteiger charge is -2.23. The Morgan fingerprint density at radius 2 is 1.67 bits per heavy atom. The van der Waals surface area contributed by atoms with Crippen LogP contribution in [0.15, 0.2) is 12.2 Å². The van der Waals surface area contributed by atoms with Crippen LogP contribution in [0.4, 0.5) is 0 Å². The van der Waals surface area contributed by atoms with Crippen molar-refractivity contribution in [3.8, 4) is 0 Å². The van der Waals surface area contributed by atoms with Crippen molar-refractivity contribution < 1.29 is 4.79 Å². The monoisotopic (exact) mass is 254 g/mol. The Kier molecular flexibility index (Phi) is 10.8. The molecule has 0 fully saturated rings. The fourth-order valence-corrected chi connectivity index (χ4v) is 1.86. The van der Waals surface area contributed by atoms with Crippen molar-refractivity contribution in [2.45, 2.75) is 58.8 Å². The zero-order valence-electron chi connectivity index (χ0n) is 12.2. The summed E-state index contributed by atoms with van der Waals surface area (Å²) in [6.45, 7) is 10.5. The number of carbonyl (C=O) groups is 1. The summed E-state index contributed by atoms with van der Waals surface area (Å²) in [7, 11) is 0. The predicted octanol–water partition coefficient (Wildman–Crippen LogP) is 3.10. The summed E-state index contributed by atoms with van der Waals surface area (Å²) in [5.74, 6) is 0.132. The summed E-state index contributed by atoms with van der Waals surface area (Å²) >= 11 is 0. The highest BCUT2D eigenvalue weighted by Gasteiger charge is 2.15. The lowest BCUT2D eigenvalue weighted by Crippen LogP contribution is -2.34. The van der Waals surface area contributed by atoms with Crippen LogP contribution in [0.5, 0.6) is 0 Å². The van der Waals surface area contributed by atoms with Crippen LogP contribution >= 0.6 is 0 Å². The summed E-state index contributed by atoms with van der Waals surface area (Å²) in [6, 6.07) is 0. The molecule has 0 rings (SSSR count). The maximum absolute atomic E-state index is 12.2. The molecule has 0 aromatic rings. The predicted molar refractivity (Wildman–Crippen MR) is 78.4 cm³/mol. The second-order valence-electron chi connectivity index (χ2n) is 4.85. The lowest BCUT2D eigenvalue weighted by atomic mass is 10.1. The van der Waals surface area contributed by atoms with Crippen molar-refractivity contribution in [2.24, 2.45) is 5.73 Å². The molecule has 0 bridgehead atoms. The third-order valence-electron chi connectivity index (χ3n) is 3.09. The molecule has 0 saturated heterocycles. The SMILES string of the molecule is C=C(CCCCC)C(=O)N(CCCC)CCCN. The third-order valence-corrected chi connectivity index (χ3v) is 3.09. The molecule has 3 nitrogen and oxygen atoms in total. The number of unbranched alkanes of at least 4 members (excludes halogenated alkanes) is 3. The van der Waals surface area contributed by atoms with Gasteiger partial charge in [0.2, 0.25) is 5.91 Å². The van der Waals surface area contributed by atoms with Gasteiger partial charge in [-0.25, -0.2) is 0 Å². The third kappa shape index (κ3) is 7.49. The Hall–Kier alpha value is -0.830. The quantitative estimate of drug-likeness (QED) is 0.455. The number of nitrogens with two attached hydrogens (primary N) is 1. The minimum Gasteiger partial charge on any atom is -0.339 e. The Balaban J connectivity index is 4.19. The fourth-order valence-electron chi connectivity index (χ4n) is 1.86. The fraction of sp³-hybridized carbons (Fsp3) is 0.800. The summed E-state index contributed by atoms with van der Waals surface area (Å²) in [4.78, 5) is 14.2. The summed E-state index contributed by atoms with van der Waals surface area (Å²) in [6.07, 6.45) is 7.28. The van der Waals surface area contributed by atoms with Crippen LogP contribution in [0.1, 0.15) is 58.8 Å². The van der Waals surface area contributed by atoms with Crippen molar-refractivity contribution in [3.63, 3.8) is 0 Å². The van der Waals surface area contributed by atoms with E-state index >= 15 is 0 Å². The molecule has 106 valence electrons. The van der Waals surface area contributed by atoms with Gasteiger partial charge in [0.15, 0.2) is 0 Å². The van der Waals surface area contributed by atoms with E-state index in [-0.39, 0.29) is 5.91 Å². The first-order valence-corrected chi connectivity index (χ1v) is 7.34. The van der Waals surface area contributed by atoms with Crippen LogP contribution in [-0.4, -0.2) is 30.4 Å². The van der Waals surface area contributed by atoms with E-state index in [0.29, 0.717) is 6.54 Å². The number of nitrogens with zero attached hydrogens (tertiary/aromatic N) is 1.